The van der Waals surface area contributed by atoms with E-state index in [9.17, 15) is 18.0 Å². The Bertz CT molecular complexity index is 1330. The molecule has 12 heteroatoms. The van der Waals surface area contributed by atoms with Crippen LogP contribution in [0.15, 0.2) is 94.8 Å². The fourth-order valence-electron chi connectivity index (χ4n) is 3.20. The predicted molar refractivity (Wildman–Crippen MR) is 151 cm³/mol. The summed E-state index contributed by atoms with van der Waals surface area (Å²) < 4.78 is 40.1. The molecule has 0 aromatic heterocycles. The molecule has 0 aliphatic rings. The van der Waals surface area contributed by atoms with Crippen molar-refractivity contribution in [2.45, 2.75) is 43.9 Å². The van der Waals surface area contributed by atoms with Gasteiger partial charge < -0.3 is 26.3 Å². The predicted octanol–water partition coefficient (Wildman–Crippen LogP) is 3.32. The molecule has 3 aromatic carbocycles. The minimum absolute atomic E-state index is 0.0246. The molecule has 0 fully saturated rings. The quantitative estimate of drug-likeness (QED) is 0.0883. The number of rotatable bonds is 11. The van der Waals surface area contributed by atoms with Crippen LogP contribution in [0.25, 0.3) is 0 Å². The molecule has 0 aliphatic carbocycles. The Labute approximate surface area is 234 Å². The van der Waals surface area contributed by atoms with Gasteiger partial charge in [-0.1, -0.05) is 78.4 Å². The first kappa shape index (κ1) is 31.8. The van der Waals surface area contributed by atoms with Gasteiger partial charge in [-0.25, -0.2) is 9.59 Å². The number of ether oxygens (including phenoxy) is 2. The average molecular weight is 571 g/mol. The average Bonchev–Trinajstić information content (AvgIpc) is 2.93. The molecular weight excluding hydrogens is 536 g/mol. The third kappa shape index (κ3) is 12.9. The van der Waals surface area contributed by atoms with Crippen LogP contribution in [0.2, 0.25) is 0 Å². The number of carbonyl (C=O) groups is 2. The SMILES string of the molecule is Cc1ccc(S(=O)(=O)O)cc1.NC(N)=NCCCC(NC(=O)OCc1ccccc1)C(=O)OCc1ccccc1. The van der Waals surface area contributed by atoms with Gasteiger partial charge in [0.05, 0.1) is 4.90 Å². The largest absolute Gasteiger partial charge is 0.459 e. The van der Waals surface area contributed by atoms with E-state index >= 15 is 0 Å². The van der Waals surface area contributed by atoms with Crippen LogP contribution in [0, 0.1) is 6.92 Å². The maximum atomic E-state index is 12.5. The lowest BCUT2D eigenvalue weighted by atomic mass is 10.1. The number of nitrogens with two attached hydrogens (primary N) is 2. The Morgan fingerprint density at radius 2 is 1.40 bits per heavy atom. The van der Waals surface area contributed by atoms with E-state index in [-0.39, 0.29) is 24.1 Å². The van der Waals surface area contributed by atoms with Gasteiger partial charge in [0.25, 0.3) is 10.1 Å². The van der Waals surface area contributed by atoms with Crippen LogP contribution in [-0.4, -0.2) is 43.6 Å². The zero-order valence-electron chi connectivity index (χ0n) is 22.1. The Hall–Kier alpha value is -4.42. The van der Waals surface area contributed by atoms with Crippen molar-refractivity contribution in [1.82, 2.24) is 5.32 Å². The number of aliphatic imine (C=N–C) groups is 1. The van der Waals surface area contributed by atoms with E-state index in [2.05, 4.69) is 10.3 Å². The van der Waals surface area contributed by atoms with Crippen molar-refractivity contribution in [2.24, 2.45) is 16.5 Å². The van der Waals surface area contributed by atoms with Crippen LogP contribution in [-0.2, 0) is 37.6 Å². The number of hydrogen-bond acceptors (Lipinski definition) is 7. The molecule has 0 heterocycles. The number of nitrogens with zero attached hydrogens (tertiary/aromatic N) is 1. The molecule has 0 bridgehead atoms. The van der Waals surface area contributed by atoms with Crippen LogP contribution in [0.4, 0.5) is 4.79 Å². The van der Waals surface area contributed by atoms with Gasteiger partial charge >= 0.3 is 12.1 Å². The Morgan fingerprint density at radius 1 is 0.875 bits per heavy atom. The molecule has 0 saturated heterocycles. The Balaban J connectivity index is 0.000000425. The maximum Gasteiger partial charge on any atom is 0.408 e. The summed E-state index contributed by atoms with van der Waals surface area (Å²) in [6, 6.07) is 23.7. The van der Waals surface area contributed by atoms with Crippen LogP contribution in [0.5, 0.6) is 0 Å². The van der Waals surface area contributed by atoms with Crippen molar-refractivity contribution in [2.75, 3.05) is 6.54 Å². The van der Waals surface area contributed by atoms with Crippen molar-refractivity contribution in [3.63, 3.8) is 0 Å². The number of amides is 1. The molecule has 6 N–H and O–H groups in total. The molecule has 3 aromatic rings. The monoisotopic (exact) mass is 570 g/mol. The molecule has 0 spiro atoms. The first-order valence-electron chi connectivity index (χ1n) is 12.3. The third-order valence-electron chi connectivity index (χ3n) is 5.28. The van der Waals surface area contributed by atoms with Gasteiger partial charge in [-0.3, -0.25) is 9.55 Å². The molecule has 11 nitrogen and oxygen atoms in total. The van der Waals surface area contributed by atoms with Gasteiger partial charge in [0.1, 0.15) is 19.3 Å². The molecule has 1 unspecified atom stereocenters. The highest BCUT2D eigenvalue weighted by molar-refractivity contribution is 7.85. The number of carbonyl (C=O) groups excluding carboxylic acids is 2. The normalized spacial score (nSPS) is 11.2. The second-order valence-electron chi connectivity index (χ2n) is 8.59. The number of aryl methyl sites for hydroxylation is 1. The maximum absolute atomic E-state index is 12.5. The summed E-state index contributed by atoms with van der Waals surface area (Å²) in [5, 5.41) is 2.56. The molecule has 1 atom stereocenters. The van der Waals surface area contributed by atoms with Crippen molar-refractivity contribution >= 4 is 28.1 Å². The summed E-state index contributed by atoms with van der Waals surface area (Å²) in [6.45, 7) is 2.40. The topological polar surface area (TPSA) is 183 Å². The van der Waals surface area contributed by atoms with Gasteiger partial charge in [0.15, 0.2) is 5.96 Å². The fraction of sp³-hybridized carbons (Fsp3) is 0.250. The summed E-state index contributed by atoms with van der Waals surface area (Å²) in [5.41, 5.74) is 13.3. The van der Waals surface area contributed by atoms with Crippen LogP contribution >= 0.6 is 0 Å². The van der Waals surface area contributed by atoms with Crippen LogP contribution in [0.1, 0.15) is 29.5 Å². The van der Waals surface area contributed by atoms with Gasteiger partial charge in [-0.15, -0.1) is 0 Å². The van der Waals surface area contributed by atoms with Crippen LogP contribution in [0.3, 0.4) is 0 Å². The third-order valence-corrected chi connectivity index (χ3v) is 6.15. The first-order valence-corrected chi connectivity index (χ1v) is 13.8. The summed E-state index contributed by atoms with van der Waals surface area (Å²) in [6.07, 6.45) is 0.102. The van der Waals surface area contributed by atoms with E-state index in [0.717, 1.165) is 16.7 Å². The molecule has 1 amide bonds. The zero-order valence-corrected chi connectivity index (χ0v) is 22.9. The molecule has 0 aliphatic heterocycles. The first-order chi connectivity index (χ1) is 19.0. The highest BCUT2D eigenvalue weighted by Gasteiger charge is 2.23. The number of guanidine groups is 1. The fourth-order valence-corrected chi connectivity index (χ4v) is 3.68. The van der Waals surface area contributed by atoms with E-state index in [1.807, 2.05) is 67.6 Å². The molecule has 3 rings (SSSR count). The highest BCUT2D eigenvalue weighted by atomic mass is 32.2. The summed E-state index contributed by atoms with van der Waals surface area (Å²) in [5.74, 6) is -0.571. The van der Waals surface area contributed by atoms with Gasteiger partial charge in [0.2, 0.25) is 0 Å². The Morgan fingerprint density at radius 3 is 1.90 bits per heavy atom. The van der Waals surface area contributed by atoms with Crippen molar-refractivity contribution in [3.8, 4) is 0 Å². The van der Waals surface area contributed by atoms with E-state index in [1.165, 1.54) is 12.1 Å². The van der Waals surface area contributed by atoms with Crippen molar-refractivity contribution < 1.29 is 32.0 Å². The van der Waals surface area contributed by atoms with Gasteiger partial charge in [-0.05, 0) is 43.0 Å². The van der Waals surface area contributed by atoms with Crippen LogP contribution < -0.4 is 16.8 Å². The second-order valence-corrected chi connectivity index (χ2v) is 10.0. The lowest BCUT2D eigenvalue weighted by Crippen LogP contribution is -2.42. The number of benzene rings is 3. The number of alkyl carbamates (subject to hydrolysis) is 1. The van der Waals surface area contributed by atoms with Crippen molar-refractivity contribution in [1.29, 1.82) is 0 Å². The minimum atomic E-state index is -4.02. The van der Waals surface area contributed by atoms with E-state index < -0.39 is 28.2 Å². The number of hydrogen-bond donors (Lipinski definition) is 4. The molecule has 0 radical (unpaired) electrons. The number of nitrogens with one attached hydrogen (secondary N) is 1. The second kappa shape index (κ2) is 16.5. The molecular formula is C28H34N4O7S. The lowest BCUT2D eigenvalue weighted by Gasteiger charge is -2.17. The summed E-state index contributed by atoms with van der Waals surface area (Å²) >= 11 is 0. The zero-order chi connectivity index (χ0) is 29.4. The standard InChI is InChI=1S/C21H26N4O4.C7H8O3S/c22-20(23)24-13-7-12-18(19(26)28-14-16-8-3-1-4-9-16)25-21(27)29-15-17-10-5-2-6-11-17;1-6-2-4-7(5-3-6)11(8,9)10/h1-6,8-11,18H,7,12-15H2,(H,25,27)(H4,22,23,24);2-5H,1H3,(H,8,9,10). The van der Waals surface area contributed by atoms with Gasteiger partial charge in [-0.2, -0.15) is 8.42 Å². The summed E-state index contributed by atoms with van der Waals surface area (Å²) in [4.78, 5) is 28.4. The van der Waals surface area contributed by atoms with Crippen molar-refractivity contribution in [3.05, 3.63) is 102 Å². The molecule has 40 heavy (non-hydrogen) atoms. The molecule has 214 valence electrons. The van der Waals surface area contributed by atoms with E-state index in [1.54, 1.807) is 12.1 Å². The Kier molecular flexibility index (Phi) is 13.1. The lowest BCUT2D eigenvalue weighted by molar-refractivity contribution is -0.147. The van der Waals surface area contributed by atoms with E-state index in [0.29, 0.717) is 19.4 Å². The number of esters is 1. The molecule has 0 saturated carbocycles. The van der Waals surface area contributed by atoms with E-state index in [4.69, 9.17) is 25.5 Å². The van der Waals surface area contributed by atoms with Gasteiger partial charge in [0, 0.05) is 6.54 Å². The highest BCUT2D eigenvalue weighted by Crippen LogP contribution is 2.09. The smallest absolute Gasteiger partial charge is 0.408 e. The summed E-state index contributed by atoms with van der Waals surface area (Å²) in [7, 11) is -4.02. The minimum Gasteiger partial charge on any atom is -0.459 e.